The molecule has 5 heteroatoms. The van der Waals surface area contributed by atoms with Crippen molar-refractivity contribution in [1.29, 1.82) is 0 Å². The summed E-state index contributed by atoms with van der Waals surface area (Å²) in [7, 11) is -2.04. The molecule has 0 aromatic heterocycles. The first-order chi connectivity index (χ1) is 9.46. The summed E-state index contributed by atoms with van der Waals surface area (Å²) in [6.07, 6.45) is 0. The monoisotopic (exact) mass is 292 g/mol. The molecule has 0 amide bonds. The number of rotatable bonds is 4. The molecular weight excluding hydrogens is 276 g/mol. The molecule has 1 unspecified atom stereocenters. The molecule has 0 saturated heterocycles. The van der Waals surface area contributed by atoms with Gasteiger partial charge in [-0.05, 0) is 36.8 Å². The third-order valence-corrected chi connectivity index (χ3v) is 5.34. The van der Waals surface area contributed by atoms with Gasteiger partial charge in [-0.3, -0.25) is 0 Å². The van der Waals surface area contributed by atoms with Crippen LogP contribution in [-0.2, 0) is 9.84 Å². The molecule has 2 aromatic rings. The maximum absolute atomic E-state index is 12.5. The summed E-state index contributed by atoms with van der Waals surface area (Å²) in [5.41, 5.74) is 0.573. The van der Waals surface area contributed by atoms with Gasteiger partial charge in [-0.1, -0.05) is 24.3 Å². The normalized spacial score (nSPS) is 12.9. The Labute approximate surface area is 118 Å². The number of ether oxygens (including phenoxy) is 1. The Balaban J connectivity index is 2.43. The fraction of sp³-hybridized carbons (Fsp3) is 0.200. The molecule has 0 aliphatic carbocycles. The van der Waals surface area contributed by atoms with Gasteiger partial charge >= 0.3 is 0 Å². The van der Waals surface area contributed by atoms with Crippen molar-refractivity contribution in [1.82, 2.24) is 0 Å². The third kappa shape index (κ3) is 2.63. The van der Waals surface area contributed by atoms with Crippen molar-refractivity contribution in [2.75, 3.05) is 7.11 Å². The van der Waals surface area contributed by atoms with E-state index in [4.69, 9.17) is 4.74 Å². The Morgan fingerprint density at radius 3 is 2.35 bits per heavy atom. The summed E-state index contributed by atoms with van der Waals surface area (Å²) in [5, 5.41) is 8.84. The van der Waals surface area contributed by atoms with Crippen LogP contribution >= 0.6 is 0 Å². The van der Waals surface area contributed by atoms with Crippen LogP contribution in [0.4, 0.5) is 0 Å². The molecule has 0 spiro atoms. The lowest BCUT2D eigenvalue weighted by atomic mass is 10.1. The highest BCUT2D eigenvalue weighted by atomic mass is 32.2. The average molecular weight is 292 g/mol. The molecular formula is C15H16O4S. The van der Waals surface area contributed by atoms with Crippen LogP contribution in [0.1, 0.15) is 17.7 Å². The van der Waals surface area contributed by atoms with Gasteiger partial charge < -0.3 is 9.84 Å². The molecule has 4 nitrogen and oxygen atoms in total. The van der Waals surface area contributed by atoms with Gasteiger partial charge in [-0.25, -0.2) is 8.42 Å². The smallest absolute Gasteiger partial charge is 0.185 e. The molecule has 1 atom stereocenters. The average Bonchev–Trinajstić information content (AvgIpc) is 2.48. The van der Waals surface area contributed by atoms with Crippen LogP contribution in [0.25, 0.3) is 0 Å². The van der Waals surface area contributed by atoms with E-state index in [1.807, 2.05) is 0 Å². The molecule has 106 valence electrons. The molecule has 0 saturated carbocycles. The van der Waals surface area contributed by atoms with Crippen molar-refractivity contribution in [3.63, 3.8) is 0 Å². The molecule has 1 N–H and O–H groups in total. The molecule has 20 heavy (non-hydrogen) atoms. The van der Waals surface area contributed by atoms with Crippen LogP contribution in [0.3, 0.4) is 0 Å². The maximum atomic E-state index is 12.5. The largest absolute Gasteiger partial charge is 0.504 e. The maximum Gasteiger partial charge on any atom is 0.185 e. The number of hydrogen-bond donors (Lipinski definition) is 1. The van der Waals surface area contributed by atoms with Crippen LogP contribution in [0.5, 0.6) is 11.5 Å². The predicted octanol–water partition coefficient (Wildman–Crippen LogP) is 2.94. The Hall–Kier alpha value is -2.01. The lowest BCUT2D eigenvalue weighted by Gasteiger charge is -2.15. The molecule has 0 aliphatic heterocycles. The minimum atomic E-state index is -3.47. The quantitative estimate of drug-likeness (QED) is 0.941. The lowest BCUT2D eigenvalue weighted by molar-refractivity contribution is 0.373. The fourth-order valence-corrected chi connectivity index (χ4v) is 3.39. The molecule has 0 fully saturated rings. The minimum absolute atomic E-state index is 0.0134. The summed E-state index contributed by atoms with van der Waals surface area (Å²) < 4.78 is 30.0. The number of hydrogen-bond acceptors (Lipinski definition) is 4. The third-order valence-electron chi connectivity index (χ3n) is 3.21. The van der Waals surface area contributed by atoms with Gasteiger partial charge in [0.25, 0.3) is 0 Å². The van der Waals surface area contributed by atoms with E-state index in [2.05, 4.69) is 0 Å². The molecule has 2 rings (SSSR count). The predicted molar refractivity (Wildman–Crippen MR) is 76.7 cm³/mol. The molecule has 0 heterocycles. The van der Waals surface area contributed by atoms with Crippen LogP contribution in [0.2, 0.25) is 0 Å². The molecule has 2 aromatic carbocycles. The Bertz CT molecular complexity index is 693. The number of methoxy groups -OCH3 is 1. The number of aromatic hydroxyl groups is 1. The standard InChI is InChI=1S/C15H16O4S/c1-11(12-8-9-14(16)15(10-12)19-2)20(17,18)13-6-4-3-5-7-13/h3-11,16H,1-2H3. The van der Waals surface area contributed by atoms with Crippen molar-refractivity contribution in [3.05, 3.63) is 54.1 Å². The SMILES string of the molecule is COc1cc(C(C)S(=O)(=O)c2ccccc2)ccc1O. The Morgan fingerprint density at radius 1 is 1.10 bits per heavy atom. The van der Waals surface area contributed by atoms with Gasteiger partial charge in [0.05, 0.1) is 17.3 Å². The summed E-state index contributed by atoms with van der Waals surface area (Å²) in [4.78, 5) is 0.277. The van der Waals surface area contributed by atoms with Crippen molar-refractivity contribution < 1.29 is 18.3 Å². The van der Waals surface area contributed by atoms with E-state index < -0.39 is 15.1 Å². The number of sulfone groups is 1. The van der Waals surface area contributed by atoms with Crippen molar-refractivity contribution >= 4 is 9.84 Å². The second-order valence-corrected chi connectivity index (χ2v) is 6.70. The first kappa shape index (κ1) is 14.4. The lowest BCUT2D eigenvalue weighted by Crippen LogP contribution is -2.10. The van der Waals surface area contributed by atoms with Gasteiger partial charge in [0.15, 0.2) is 21.3 Å². The van der Waals surface area contributed by atoms with Crippen LogP contribution < -0.4 is 4.74 Å². The van der Waals surface area contributed by atoms with Crippen molar-refractivity contribution in [2.24, 2.45) is 0 Å². The second kappa shape index (κ2) is 5.54. The van der Waals surface area contributed by atoms with Gasteiger partial charge in [0.1, 0.15) is 0 Å². The fourth-order valence-electron chi connectivity index (χ4n) is 1.94. The molecule has 0 aliphatic rings. The first-order valence-electron chi connectivity index (χ1n) is 6.12. The van der Waals surface area contributed by atoms with Crippen LogP contribution in [0, 0.1) is 0 Å². The number of phenols is 1. The van der Waals surface area contributed by atoms with E-state index in [1.54, 1.807) is 49.4 Å². The van der Waals surface area contributed by atoms with E-state index in [1.165, 1.54) is 13.2 Å². The van der Waals surface area contributed by atoms with Crippen LogP contribution in [-0.4, -0.2) is 20.6 Å². The zero-order valence-electron chi connectivity index (χ0n) is 11.3. The summed E-state index contributed by atoms with van der Waals surface area (Å²) >= 11 is 0. The highest BCUT2D eigenvalue weighted by Crippen LogP contribution is 2.34. The summed E-state index contributed by atoms with van der Waals surface area (Å²) in [5.74, 6) is 0.248. The van der Waals surface area contributed by atoms with Gasteiger partial charge in [0.2, 0.25) is 0 Å². The van der Waals surface area contributed by atoms with E-state index in [-0.39, 0.29) is 16.4 Å². The molecule has 0 bridgehead atoms. The first-order valence-corrected chi connectivity index (χ1v) is 7.67. The Kier molecular flexibility index (Phi) is 3.99. The van der Waals surface area contributed by atoms with Gasteiger partial charge in [-0.2, -0.15) is 0 Å². The Morgan fingerprint density at radius 2 is 1.75 bits per heavy atom. The number of phenolic OH excluding ortho intramolecular Hbond substituents is 1. The second-order valence-electron chi connectivity index (χ2n) is 4.43. The van der Waals surface area contributed by atoms with Crippen molar-refractivity contribution in [2.45, 2.75) is 17.1 Å². The molecule has 0 radical (unpaired) electrons. The van der Waals surface area contributed by atoms with E-state index in [9.17, 15) is 13.5 Å². The summed E-state index contributed by atoms with van der Waals surface area (Å²) in [6, 6.07) is 12.9. The topological polar surface area (TPSA) is 63.6 Å². The van der Waals surface area contributed by atoms with Gasteiger partial charge in [0, 0.05) is 0 Å². The van der Waals surface area contributed by atoms with Gasteiger partial charge in [-0.15, -0.1) is 0 Å². The van der Waals surface area contributed by atoms with Crippen molar-refractivity contribution in [3.8, 4) is 11.5 Å². The summed E-state index contributed by atoms with van der Waals surface area (Å²) in [6.45, 7) is 1.62. The van der Waals surface area contributed by atoms with E-state index in [0.29, 0.717) is 5.56 Å². The van der Waals surface area contributed by atoms with Crippen LogP contribution in [0.15, 0.2) is 53.4 Å². The van der Waals surface area contributed by atoms with E-state index in [0.717, 1.165) is 0 Å². The van der Waals surface area contributed by atoms with E-state index >= 15 is 0 Å². The highest BCUT2D eigenvalue weighted by Gasteiger charge is 2.25. The zero-order valence-corrected chi connectivity index (χ0v) is 12.1. The minimum Gasteiger partial charge on any atom is -0.504 e. The highest BCUT2D eigenvalue weighted by molar-refractivity contribution is 7.91. The number of benzene rings is 2. The zero-order chi connectivity index (χ0) is 14.8.